The van der Waals surface area contributed by atoms with Gasteiger partial charge in [0.2, 0.25) is 16.0 Å². The maximum atomic E-state index is 11.8. The number of nitrogens with zero attached hydrogens (tertiary/aromatic N) is 3. The average Bonchev–Trinajstić information content (AvgIpc) is 2.63. The Morgan fingerprint density at radius 2 is 1.78 bits per heavy atom. The van der Waals surface area contributed by atoms with Crippen LogP contribution >= 0.6 is 0 Å². The Bertz CT molecular complexity index is 865. The summed E-state index contributed by atoms with van der Waals surface area (Å²) < 4.78 is 31.6. The highest BCUT2D eigenvalue weighted by atomic mass is 32.2. The van der Waals surface area contributed by atoms with Gasteiger partial charge < -0.3 is 15.0 Å². The lowest BCUT2D eigenvalue weighted by molar-refractivity contribution is 0.122. The van der Waals surface area contributed by atoms with Gasteiger partial charge in [0.15, 0.2) is 0 Å². The van der Waals surface area contributed by atoms with Gasteiger partial charge >= 0.3 is 0 Å². The third-order valence-electron chi connectivity index (χ3n) is 4.06. The summed E-state index contributed by atoms with van der Waals surface area (Å²) in [7, 11) is -3.29. The quantitative estimate of drug-likeness (QED) is 0.748. The molecule has 1 aromatic carbocycles. The molecule has 1 aliphatic rings. The lowest BCUT2D eigenvalue weighted by atomic mass is 10.3. The van der Waals surface area contributed by atoms with E-state index >= 15 is 0 Å². The monoisotopic (exact) mass is 391 g/mol. The molecular weight excluding hydrogens is 366 g/mol. The predicted octanol–water partition coefficient (Wildman–Crippen LogP) is 2.52. The minimum Gasteiger partial charge on any atom is -0.378 e. The summed E-state index contributed by atoms with van der Waals surface area (Å²) in [6.45, 7) is 6.77. The summed E-state index contributed by atoms with van der Waals surface area (Å²) in [5, 5.41) is 3.18. The first-order valence-electron chi connectivity index (χ1n) is 9.01. The van der Waals surface area contributed by atoms with Crippen LogP contribution in [0.1, 0.15) is 19.0 Å². The Hall–Kier alpha value is -2.39. The Balaban J connectivity index is 1.70. The summed E-state index contributed by atoms with van der Waals surface area (Å²) in [6.07, 6.45) is 0.575. The van der Waals surface area contributed by atoms with E-state index in [0.717, 1.165) is 30.3 Å². The van der Waals surface area contributed by atoms with Crippen LogP contribution in [-0.2, 0) is 14.8 Å². The molecule has 1 fully saturated rings. The average molecular weight is 391 g/mol. The molecule has 0 atom stereocenters. The number of aromatic nitrogens is 2. The third kappa shape index (κ3) is 5.54. The highest BCUT2D eigenvalue weighted by molar-refractivity contribution is 7.92. The van der Waals surface area contributed by atoms with Gasteiger partial charge in [-0.05, 0) is 37.6 Å². The highest BCUT2D eigenvalue weighted by Gasteiger charge is 2.14. The number of ether oxygens (including phenoxy) is 1. The minimum absolute atomic E-state index is 0.106. The summed E-state index contributed by atoms with van der Waals surface area (Å²) in [5.74, 6) is 1.49. The molecule has 2 heterocycles. The van der Waals surface area contributed by atoms with Gasteiger partial charge in [-0.2, -0.15) is 4.98 Å². The molecule has 0 bridgehead atoms. The second kappa shape index (κ2) is 8.53. The first-order chi connectivity index (χ1) is 12.9. The second-order valence-corrected chi connectivity index (χ2v) is 8.26. The molecule has 0 amide bonds. The van der Waals surface area contributed by atoms with Crippen molar-refractivity contribution in [3.8, 4) is 0 Å². The molecule has 8 nitrogen and oxygen atoms in total. The fraction of sp³-hybridized carbons (Fsp3) is 0.444. The fourth-order valence-electron chi connectivity index (χ4n) is 2.81. The van der Waals surface area contributed by atoms with Crippen LogP contribution in [0.5, 0.6) is 0 Å². The van der Waals surface area contributed by atoms with Crippen molar-refractivity contribution in [1.82, 2.24) is 9.97 Å². The van der Waals surface area contributed by atoms with Gasteiger partial charge in [0.25, 0.3) is 0 Å². The Kier molecular flexibility index (Phi) is 6.12. The van der Waals surface area contributed by atoms with Gasteiger partial charge in [-0.15, -0.1) is 0 Å². The molecule has 9 heteroatoms. The number of anilines is 4. The van der Waals surface area contributed by atoms with Crippen LogP contribution in [0.3, 0.4) is 0 Å². The van der Waals surface area contributed by atoms with Crippen molar-refractivity contribution in [3.63, 3.8) is 0 Å². The molecule has 0 aliphatic carbocycles. The van der Waals surface area contributed by atoms with Gasteiger partial charge in [0.05, 0.1) is 19.0 Å². The lowest BCUT2D eigenvalue weighted by Crippen LogP contribution is -2.36. The number of aryl methyl sites for hydroxylation is 1. The lowest BCUT2D eigenvalue weighted by Gasteiger charge is -2.28. The van der Waals surface area contributed by atoms with E-state index in [0.29, 0.717) is 31.3 Å². The molecule has 2 N–H and O–H groups in total. The van der Waals surface area contributed by atoms with Crippen molar-refractivity contribution in [2.24, 2.45) is 0 Å². The second-order valence-electron chi connectivity index (χ2n) is 6.41. The normalized spacial score (nSPS) is 14.8. The smallest absolute Gasteiger partial charge is 0.232 e. The summed E-state index contributed by atoms with van der Waals surface area (Å²) in [5.41, 5.74) is 2.19. The molecule has 1 aliphatic heterocycles. The standard InChI is InChI=1S/C18H25N5O3S/c1-3-12-27(24,25)22-16-6-4-15(5-7-16)20-18-19-14(2)13-17(21-18)23-8-10-26-11-9-23/h4-7,13,22H,3,8-12H2,1-2H3,(H,19,20,21). The number of morpholine rings is 1. The van der Waals surface area contributed by atoms with Crippen LogP contribution in [0.2, 0.25) is 0 Å². The van der Waals surface area contributed by atoms with E-state index in [2.05, 4.69) is 24.9 Å². The van der Waals surface area contributed by atoms with Crippen molar-refractivity contribution >= 4 is 33.2 Å². The predicted molar refractivity (Wildman–Crippen MR) is 107 cm³/mol. The number of rotatable bonds is 7. The van der Waals surface area contributed by atoms with E-state index in [1.54, 1.807) is 24.3 Å². The van der Waals surface area contributed by atoms with E-state index in [1.165, 1.54) is 0 Å². The Morgan fingerprint density at radius 1 is 1.11 bits per heavy atom. The van der Waals surface area contributed by atoms with Crippen LogP contribution in [0.15, 0.2) is 30.3 Å². The number of nitrogens with one attached hydrogen (secondary N) is 2. The van der Waals surface area contributed by atoms with Crippen molar-refractivity contribution in [3.05, 3.63) is 36.0 Å². The molecular formula is C18H25N5O3S. The summed E-state index contributed by atoms with van der Waals surface area (Å²) >= 11 is 0. The molecule has 146 valence electrons. The summed E-state index contributed by atoms with van der Waals surface area (Å²) in [4.78, 5) is 11.2. The molecule has 3 rings (SSSR count). The van der Waals surface area contributed by atoms with Crippen LogP contribution in [0.25, 0.3) is 0 Å². The Morgan fingerprint density at radius 3 is 2.44 bits per heavy atom. The molecule has 2 aromatic rings. The van der Waals surface area contributed by atoms with Crippen molar-refractivity contribution in [2.75, 3.05) is 47.0 Å². The molecule has 0 spiro atoms. The molecule has 0 radical (unpaired) electrons. The zero-order chi connectivity index (χ0) is 19.3. The zero-order valence-electron chi connectivity index (χ0n) is 15.6. The van der Waals surface area contributed by atoms with Gasteiger partial charge in [-0.1, -0.05) is 6.92 Å². The van der Waals surface area contributed by atoms with Crippen molar-refractivity contribution in [1.29, 1.82) is 0 Å². The number of sulfonamides is 1. The van der Waals surface area contributed by atoms with Gasteiger partial charge in [0.1, 0.15) is 5.82 Å². The molecule has 0 unspecified atom stereocenters. The largest absolute Gasteiger partial charge is 0.378 e. The van der Waals surface area contributed by atoms with Gasteiger partial charge in [-0.3, -0.25) is 4.72 Å². The fourth-order valence-corrected chi connectivity index (χ4v) is 3.95. The minimum atomic E-state index is -3.29. The first-order valence-corrected chi connectivity index (χ1v) is 10.7. The van der Waals surface area contributed by atoms with E-state index in [4.69, 9.17) is 4.74 Å². The maximum absolute atomic E-state index is 11.8. The van der Waals surface area contributed by atoms with E-state index in [-0.39, 0.29) is 5.75 Å². The first kappa shape index (κ1) is 19.4. The number of hydrogen-bond acceptors (Lipinski definition) is 7. The van der Waals surface area contributed by atoms with Crippen molar-refractivity contribution < 1.29 is 13.2 Å². The van der Waals surface area contributed by atoms with Crippen LogP contribution in [0, 0.1) is 6.92 Å². The highest BCUT2D eigenvalue weighted by Crippen LogP contribution is 2.21. The Labute approximate surface area is 160 Å². The molecule has 1 saturated heterocycles. The molecule has 27 heavy (non-hydrogen) atoms. The van der Waals surface area contributed by atoms with Gasteiger partial charge in [0, 0.05) is 36.2 Å². The summed E-state index contributed by atoms with van der Waals surface area (Å²) in [6, 6.07) is 8.98. The third-order valence-corrected chi connectivity index (χ3v) is 5.56. The van der Waals surface area contributed by atoms with Crippen LogP contribution in [0.4, 0.5) is 23.1 Å². The molecule has 0 saturated carbocycles. The molecule has 1 aromatic heterocycles. The van der Waals surface area contributed by atoms with E-state index in [9.17, 15) is 8.42 Å². The van der Waals surface area contributed by atoms with Gasteiger partial charge in [-0.25, -0.2) is 13.4 Å². The SMILES string of the molecule is CCCS(=O)(=O)Nc1ccc(Nc2nc(C)cc(N3CCOCC3)n2)cc1. The van der Waals surface area contributed by atoms with E-state index in [1.807, 2.05) is 19.9 Å². The van der Waals surface area contributed by atoms with E-state index < -0.39 is 10.0 Å². The topological polar surface area (TPSA) is 96.5 Å². The maximum Gasteiger partial charge on any atom is 0.232 e. The van der Waals surface area contributed by atoms with Crippen LogP contribution < -0.4 is 14.9 Å². The van der Waals surface area contributed by atoms with Crippen LogP contribution in [-0.4, -0.2) is 50.4 Å². The van der Waals surface area contributed by atoms with Crippen molar-refractivity contribution in [2.45, 2.75) is 20.3 Å². The number of hydrogen-bond donors (Lipinski definition) is 2. The number of benzene rings is 1. The zero-order valence-corrected chi connectivity index (χ0v) is 16.4.